The van der Waals surface area contributed by atoms with Gasteiger partial charge in [0.15, 0.2) is 0 Å². The van der Waals surface area contributed by atoms with Crippen LogP contribution < -0.4 is 5.32 Å². The number of aliphatic hydroxyl groups is 1. The van der Waals surface area contributed by atoms with Gasteiger partial charge in [0.2, 0.25) is 0 Å². The molecule has 2 rings (SSSR count). The molecule has 2 aromatic rings. The average molecular weight is 275 g/mol. The highest BCUT2D eigenvalue weighted by atomic mass is 16.2. The monoisotopic (exact) mass is 275 g/mol. The summed E-state index contributed by atoms with van der Waals surface area (Å²) in [6.07, 6.45) is 4.61. The van der Waals surface area contributed by atoms with Crippen LogP contribution in [0.3, 0.4) is 0 Å². The van der Waals surface area contributed by atoms with Crippen LogP contribution in [-0.2, 0) is 0 Å². The summed E-state index contributed by atoms with van der Waals surface area (Å²) in [5, 5.41) is 23.4. The third kappa shape index (κ3) is 4.11. The lowest BCUT2D eigenvalue weighted by molar-refractivity contribution is 0.282. The second-order valence-electron chi connectivity index (χ2n) is 4.81. The normalized spacial score (nSPS) is 12.5. The van der Waals surface area contributed by atoms with Crippen LogP contribution in [0.15, 0.2) is 30.6 Å². The lowest BCUT2D eigenvalue weighted by Crippen LogP contribution is -2.20. The number of hydrogen-bond acceptors (Lipinski definition) is 5. The highest BCUT2D eigenvalue weighted by molar-refractivity contribution is 5.35. The molecule has 0 amide bonds. The van der Waals surface area contributed by atoms with Gasteiger partial charge in [0, 0.05) is 12.6 Å². The Bertz CT molecular complexity index is 500. The molecule has 0 bridgehead atoms. The van der Waals surface area contributed by atoms with E-state index in [-0.39, 0.29) is 12.6 Å². The minimum atomic E-state index is 0.278. The summed E-state index contributed by atoms with van der Waals surface area (Å²) in [6, 6.07) is 8.45. The molecule has 0 spiro atoms. The van der Waals surface area contributed by atoms with Gasteiger partial charge >= 0.3 is 0 Å². The van der Waals surface area contributed by atoms with Crippen LogP contribution in [0.4, 0.5) is 0 Å². The quantitative estimate of drug-likeness (QED) is 0.714. The molecule has 0 aliphatic rings. The van der Waals surface area contributed by atoms with Crippen LogP contribution in [0.1, 0.15) is 37.8 Å². The Hall–Kier alpha value is -1.79. The zero-order chi connectivity index (χ0) is 14.2. The highest BCUT2D eigenvalue weighted by Crippen LogP contribution is 2.16. The first kappa shape index (κ1) is 14.6. The number of benzene rings is 1. The van der Waals surface area contributed by atoms with Crippen molar-refractivity contribution in [3.8, 4) is 5.69 Å². The molecule has 1 aromatic carbocycles. The van der Waals surface area contributed by atoms with Crippen LogP contribution in [0.5, 0.6) is 0 Å². The predicted octanol–water partition coefficient (Wildman–Crippen LogP) is 1.48. The molecule has 108 valence electrons. The number of nitrogens with zero attached hydrogens (tertiary/aromatic N) is 4. The van der Waals surface area contributed by atoms with E-state index in [0.29, 0.717) is 0 Å². The van der Waals surface area contributed by atoms with Crippen LogP contribution in [0.2, 0.25) is 0 Å². The van der Waals surface area contributed by atoms with Crippen molar-refractivity contribution in [1.29, 1.82) is 0 Å². The number of aliphatic hydroxyl groups excluding tert-OH is 1. The maximum absolute atomic E-state index is 8.73. The van der Waals surface area contributed by atoms with Gasteiger partial charge in [0.25, 0.3) is 0 Å². The van der Waals surface area contributed by atoms with Crippen LogP contribution in [0.25, 0.3) is 5.69 Å². The number of unbranched alkanes of at least 4 members (excludes halogenated alkanes) is 2. The standard InChI is InChI=1S/C14H21N5O/c1-12(15-8-3-2-4-9-20)13-6-5-7-14(10-13)19-11-16-17-18-19/h5-7,10-12,15,20H,2-4,8-9H2,1H3. The van der Waals surface area contributed by atoms with E-state index >= 15 is 0 Å². The number of nitrogens with one attached hydrogen (secondary N) is 1. The molecule has 0 aliphatic heterocycles. The summed E-state index contributed by atoms with van der Waals surface area (Å²) in [7, 11) is 0. The van der Waals surface area contributed by atoms with E-state index in [2.05, 4.69) is 39.9 Å². The summed E-state index contributed by atoms with van der Waals surface area (Å²) < 4.78 is 1.65. The first-order valence-corrected chi connectivity index (χ1v) is 6.99. The van der Waals surface area contributed by atoms with Crippen LogP contribution in [-0.4, -0.2) is 38.5 Å². The third-order valence-electron chi connectivity index (χ3n) is 3.27. The molecule has 0 saturated heterocycles. The molecule has 20 heavy (non-hydrogen) atoms. The molecule has 1 atom stereocenters. The Morgan fingerprint density at radius 3 is 2.95 bits per heavy atom. The fraction of sp³-hybridized carbons (Fsp3) is 0.500. The number of tetrazole rings is 1. The van der Waals surface area contributed by atoms with Gasteiger partial charge in [-0.05, 0) is 60.9 Å². The number of hydrogen-bond donors (Lipinski definition) is 2. The van der Waals surface area contributed by atoms with Crippen molar-refractivity contribution >= 4 is 0 Å². The Balaban J connectivity index is 1.90. The fourth-order valence-electron chi connectivity index (χ4n) is 2.07. The summed E-state index contributed by atoms with van der Waals surface area (Å²) in [4.78, 5) is 0. The van der Waals surface area contributed by atoms with Crippen molar-refractivity contribution in [3.63, 3.8) is 0 Å². The van der Waals surface area contributed by atoms with Gasteiger partial charge in [-0.3, -0.25) is 0 Å². The van der Waals surface area contributed by atoms with Gasteiger partial charge < -0.3 is 10.4 Å². The first-order chi connectivity index (χ1) is 9.81. The molecule has 6 heteroatoms. The van der Waals surface area contributed by atoms with Gasteiger partial charge in [-0.2, -0.15) is 0 Å². The van der Waals surface area contributed by atoms with E-state index in [0.717, 1.165) is 31.5 Å². The molecule has 0 saturated carbocycles. The zero-order valence-electron chi connectivity index (χ0n) is 11.7. The Kier molecular flexibility index (Phi) is 5.64. The largest absolute Gasteiger partial charge is 0.396 e. The summed E-state index contributed by atoms with van der Waals surface area (Å²) in [5.41, 5.74) is 2.17. The van der Waals surface area contributed by atoms with Crippen LogP contribution >= 0.6 is 0 Å². The van der Waals surface area contributed by atoms with Crippen molar-refractivity contribution in [2.24, 2.45) is 0 Å². The Morgan fingerprint density at radius 2 is 2.20 bits per heavy atom. The predicted molar refractivity (Wildman–Crippen MR) is 76.5 cm³/mol. The smallest absolute Gasteiger partial charge is 0.143 e. The summed E-state index contributed by atoms with van der Waals surface area (Å²) >= 11 is 0. The molecular formula is C14H21N5O. The van der Waals surface area contributed by atoms with Gasteiger partial charge in [0.05, 0.1) is 5.69 Å². The maximum atomic E-state index is 8.73. The van der Waals surface area contributed by atoms with E-state index in [4.69, 9.17) is 5.11 Å². The molecule has 0 fully saturated rings. The molecule has 2 N–H and O–H groups in total. The maximum Gasteiger partial charge on any atom is 0.143 e. The van der Waals surface area contributed by atoms with E-state index in [1.54, 1.807) is 11.0 Å². The Labute approximate surface area is 118 Å². The first-order valence-electron chi connectivity index (χ1n) is 6.99. The lowest BCUT2D eigenvalue weighted by atomic mass is 10.1. The molecule has 1 unspecified atom stereocenters. The average Bonchev–Trinajstić information content (AvgIpc) is 3.01. The molecule has 1 heterocycles. The third-order valence-corrected chi connectivity index (χ3v) is 3.27. The summed E-state index contributed by atoms with van der Waals surface area (Å²) in [5.74, 6) is 0. The molecular weight excluding hydrogens is 254 g/mol. The topological polar surface area (TPSA) is 75.9 Å². The molecule has 0 radical (unpaired) electrons. The minimum absolute atomic E-state index is 0.278. The van der Waals surface area contributed by atoms with Crippen molar-refractivity contribution in [2.45, 2.75) is 32.2 Å². The van der Waals surface area contributed by atoms with Crippen molar-refractivity contribution in [2.75, 3.05) is 13.2 Å². The zero-order valence-corrected chi connectivity index (χ0v) is 11.7. The second-order valence-corrected chi connectivity index (χ2v) is 4.81. The molecule has 1 aromatic heterocycles. The van der Waals surface area contributed by atoms with Crippen molar-refractivity contribution in [3.05, 3.63) is 36.2 Å². The SMILES string of the molecule is CC(NCCCCCO)c1cccc(-n2cnnn2)c1. The lowest BCUT2D eigenvalue weighted by Gasteiger charge is -2.15. The minimum Gasteiger partial charge on any atom is -0.396 e. The van der Waals surface area contributed by atoms with Gasteiger partial charge in [-0.25, -0.2) is 4.68 Å². The second kappa shape index (κ2) is 7.72. The van der Waals surface area contributed by atoms with Gasteiger partial charge in [-0.1, -0.05) is 12.1 Å². The van der Waals surface area contributed by atoms with E-state index < -0.39 is 0 Å². The summed E-state index contributed by atoms with van der Waals surface area (Å²) in [6.45, 7) is 3.38. The van der Waals surface area contributed by atoms with Gasteiger partial charge in [-0.15, -0.1) is 5.10 Å². The number of rotatable bonds is 8. The van der Waals surface area contributed by atoms with Gasteiger partial charge in [0.1, 0.15) is 6.33 Å². The molecule has 0 aliphatic carbocycles. The van der Waals surface area contributed by atoms with E-state index in [1.807, 2.05) is 12.1 Å². The fourth-order valence-corrected chi connectivity index (χ4v) is 2.07. The number of aromatic nitrogens is 4. The Morgan fingerprint density at radius 1 is 1.30 bits per heavy atom. The van der Waals surface area contributed by atoms with Crippen LogP contribution in [0, 0.1) is 0 Å². The molecule has 6 nitrogen and oxygen atoms in total. The van der Waals surface area contributed by atoms with Crippen molar-refractivity contribution in [1.82, 2.24) is 25.5 Å². The van der Waals surface area contributed by atoms with E-state index in [9.17, 15) is 0 Å². The van der Waals surface area contributed by atoms with E-state index in [1.165, 1.54) is 5.56 Å². The van der Waals surface area contributed by atoms with Crippen molar-refractivity contribution < 1.29 is 5.11 Å². The highest BCUT2D eigenvalue weighted by Gasteiger charge is 2.06.